The number of carboxylic acid groups (broad SMARTS) is 1. The van der Waals surface area contributed by atoms with Gasteiger partial charge in [-0.1, -0.05) is 33.3 Å². The Morgan fingerprint density at radius 1 is 1.26 bits per heavy atom. The maximum absolute atomic E-state index is 12.1. The van der Waals surface area contributed by atoms with Gasteiger partial charge in [0.05, 0.1) is 13.0 Å². The number of phenols is 1. The Morgan fingerprint density at radius 2 is 1.96 bits per heavy atom. The van der Waals surface area contributed by atoms with Gasteiger partial charge in [0.2, 0.25) is 0 Å². The van der Waals surface area contributed by atoms with Crippen LogP contribution in [0.3, 0.4) is 0 Å². The van der Waals surface area contributed by atoms with Gasteiger partial charge in [-0.2, -0.15) is 0 Å². The largest absolute Gasteiger partial charge is 0.504 e. The number of phenolic OH excluding ortho intramolecular Hbond substituents is 1. The van der Waals surface area contributed by atoms with E-state index in [0.29, 0.717) is 23.5 Å². The van der Waals surface area contributed by atoms with Crippen LogP contribution >= 0.6 is 0 Å². The number of carbonyl (C=O) groups is 1. The van der Waals surface area contributed by atoms with Crippen LogP contribution in [0.4, 0.5) is 0 Å². The fourth-order valence-corrected chi connectivity index (χ4v) is 4.12. The Balaban J connectivity index is 2.41. The minimum Gasteiger partial charge on any atom is -0.504 e. The molecule has 128 valence electrons. The molecule has 4 nitrogen and oxygen atoms in total. The molecule has 2 rings (SSSR count). The summed E-state index contributed by atoms with van der Waals surface area (Å²) in [5.74, 6) is 0.570. The fraction of sp³-hybridized carbons (Fsp3) is 0.632. The van der Waals surface area contributed by atoms with E-state index in [9.17, 15) is 15.0 Å². The summed E-state index contributed by atoms with van der Waals surface area (Å²) in [6.07, 6.45) is 3.19. The van der Waals surface area contributed by atoms with Gasteiger partial charge in [0.15, 0.2) is 11.5 Å². The van der Waals surface area contributed by atoms with Crippen LogP contribution in [0, 0.1) is 23.7 Å². The van der Waals surface area contributed by atoms with E-state index < -0.39 is 11.9 Å². The molecule has 2 N–H and O–H groups in total. The lowest BCUT2D eigenvalue weighted by molar-refractivity contribution is -0.141. The highest BCUT2D eigenvalue weighted by atomic mass is 16.5. The van der Waals surface area contributed by atoms with Gasteiger partial charge in [-0.05, 0) is 54.2 Å². The molecular formula is C19H28O4. The lowest BCUT2D eigenvalue weighted by Crippen LogP contribution is -2.35. The van der Waals surface area contributed by atoms with Crippen molar-refractivity contribution in [3.05, 3.63) is 23.8 Å². The second kappa shape index (κ2) is 7.24. The average Bonchev–Trinajstić information content (AvgIpc) is 2.48. The molecular weight excluding hydrogens is 292 g/mol. The highest BCUT2D eigenvalue weighted by Gasteiger charge is 2.40. The summed E-state index contributed by atoms with van der Waals surface area (Å²) in [4.78, 5) is 12.1. The number of rotatable bonds is 5. The zero-order valence-electron chi connectivity index (χ0n) is 14.5. The zero-order valence-corrected chi connectivity index (χ0v) is 14.5. The number of aromatic hydroxyl groups is 1. The molecule has 0 saturated heterocycles. The molecule has 0 bridgehead atoms. The lowest BCUT2D eigenvalue weighted by atomic mass is 9.64. The molecule has 1 aliphatic rings. The molecule has 4 atom stereocenters. The lowest BCUT2D eigenvalue weighted by Gasteiger charge is -2.40. The van der Waals surface area contributed by atoms with Crippen LogP contribution in [-0.4, -0.2) is 23.3 Å². The van der Waals surface area contributed by atoms with E-state index in [1.165, 1.54) is 19.6 Å². The van der Waals surface area contributed by atoms with Gasteiger partial charge in [0.1, 0.15) is 0 Å². The van der Waals surface area contributed by atoms with Crippen LogP contribution in [-0.2, 0) is 4.79 Å². The molecule has 1 aromatic carbocycles. The Bertz CT molecular complexity index is 552. The Hall–Kier alpha value is -1.71. The van der Waals surface area contributed by atoms with Crippen molar-refractivity contribution in [2.45, 2.75) is 46.0 Å². The number of methoxy groups -OCH3 is 1. The molecule has 23 heavy (non-hydrogen) atoms. The van der Waals surface area contributed by atoms with Crippen molar-refractivity contribution in [3.8, 4) is 11.5 Å². The van der Waals surface area contributed by atoms with Crippen LogP contribution in [0.5, 0.6) is 11.5 Å². The monoisotopic (exact) mass is 320 g/mol. The van der Waals surface area contributed by atoms with E-state index in [0.717, 1.165) is 18.4 Å². The number of ether oxygens (including phenoxy) is 1. The summed E-state index contributed by atoms with van der Waals surface area (Å²) in [6.45, 7) is 6.58. The molecule has 0 heterocycles. The third-order valence-corrected chi connectivity index (χ3v) is 5.33. The molecule has 0 aliphatic heterocycles. The fourth-order valence-electron chi connectivity index (χ4n) is 4.12. The quantitative estimate of drug-likeness (QED) is 0.850. The first-order chi connectivity index (χ1) is 10.8. The first-order valence-corrected chi connectivity index (χ1v) is 8.44. The van der Waals surface area contributed by atoms with Crippen LogP contribution in [0.25, 0.3) is 0 Å². The van der Waals surface area contributed by atoms with Gasteiger partial charge in [-0.15, -0.1) is 0 Å². The highest BCUT2D eigenvalue weighted by molar-refractivity contribution is 5.77. The summed E-state index contributed by atoms with van der Waals surface area (Å²) < 4.78 is 5.16. The smallest absolute Gasteiger partial charge is 0.311 e. The number of benzene rings is 1. The van der Waals surface area contributed by atoms with E-state index in [4.69, 9.17) is 4.74 Å². The molecule has 0 spiro atoms. The van der Waals surface area contributed by atoms with Crippen molar-refractivity contribution in [3.63, 3.8) is 0 Å². The molecule has 1 aliphatic carbocycles. The van der Waals surface area contributed by atoms with Crippen molar-refractivity contribution >= 4 is 5.97 Å². The molecule has 1 fully saturated rings. The summed E-state index contributed by atoms with van der Waals surface area (Å²) in [6, 6.07) is 4.92. The Labute approximate surface area is 138 Å². The first kappa shape index (κ1) is 17.6. The Kier molecular flexibility index (Phi) is 5.55. The maximum Gasteiger partial charge on any atom is 0.311 e. The summed E-state index contributed by atoms with van der Waals surface area (Å²) in [5, 5.41) is 19.7. The molecule has 4 unspecified atom stereocenters. The predicted octanol–water partition coefficient (Wildman–Crippen LogP) is 4.28. The van der Waals surface area contributed by atoms with Crippen LogP contribution in [0.15, 0.2) is 18.2 Å². The van der Waals surface area contributed by atoms with Crippen molar-refractivity contribution in [1.29, 1.82) is 0 Å². The Morgan fingerprint density at radius 3 is 2.52 bits per heavy atom. The van der Waals surface area contributed by atoms with Crippen LogP contribution in [0.1, 0.15) is 51.5 Å². The third-order valence-electron chi connectivity index (χ3n) is 5.33. The molecule has 4 heteroatoms. The number of aliphatic carboxylic acids is 1. The van der Waals surface area contributed by atoms with Crippen molar-refractivity contribution < 1.29 is 19.7 Å². The van der Waals surface area contributed by atoms with Gasteiger partial charge in [0, 0.05) is 0 Å². The molecule has 1 saturated carbocycles. The van der Waals surface area contributed by atoms with Gasteiger partial charge in [-0.3, -0.25) is 4.79 Å². The summed E-state index contributed by atoms with van der Waals surface area (Å²) in [7, 11) is 1.48. The average molecular weight is 320 g/mol. The number of carboxylic acids is 1. The van der Waals surface area contributed by atoms with E-state index in [1.807, 2.05) is 0 Å². The maximum atomic E-state index is 12.1. The summed E-state index contributed by atoms with van der Waals surface area (Å²) >= 11 is 0. The van der Waals surface area contributed by atoms with Crippen molar-refractivity contribution in [2.75, 3.05) is 7.11 Å². The molecule has 0 amide bonds. The van der Waals surface area contributed by atoms with Gasteiger partial charge < -0.3 is 14.9 Å². The van der Waals surface area contributed by atoms with E-state index in [-0.39, 0.29) is 11.7 Å². The first-order valence-electron chi connectivity index (χ1n) is 8.44. The second-order valence-corrected chi connectivity index (χ2v) is 7.24. The van der Waals surface area contributed by atoms with Crippen molar-refractivity contribution in [2.24, 2.45) is 23.7 Å². The number of hydrogen-bond acceptors (Lipinski definition) is 3. The zero-order chi connectivity index (χ0) is 17.1. The normalized spacial score (nSPS) is 26.0. The second-order valence-electron chi connectivity index (χ2n) is 7.24. The highest BCUT2D eigenvalue weighted by Crippen LogP contribution is 2.46. The van der Waals surface area contributed by atoms with Gasteiger partial charge >= 0.3 is 5.97 Å². The minimum atomic E-state index is -0.789. The van der Waals surface area contributed by atoms with Crippen LogP contribution < -0.4 is 4.74 Å². The molecule has 0 aromatic heterocycles. The van der Waals surface area contributed by atoms with Gasteiger partial charge in [0.25, 0.3) is 0 Å². The summed E-state index contributed by atoms with van der Waals surface area (Å²) in [5.41, 5.74) is 0.719. The van der Waals surface area contributed by atoms with Crippen LogP contribution in [0.2, 0.25) is 0 Å². The van der Waals surface area contributed by atoms with Crippen molar-refractivity contribution in [1.82, 2.24) is 0 Å². The van der Waals surface area contributed by atoms with E-state index >= 15 is 0 Å². The van der Waals surface area contributed by atoms with E-state index in [2.05, 4.69) is 20.8 Å². The minimum absolute atomic E-state index is 0.0396. The standard InChI is InChI=1S/C19H28O4/c1-11(2)14-7-5-12(3)9-15(14)18(19(21)22)13-6-8-16(20)17(10-13)23-4/h6,8,10-12,14-15,18,20H,5,7,9H2,1-4H3,(H,21,22). The third kappa shape index (κ3) is 3.80. The number of hydrogen-bond donors (Lipinski definition) is 2. The SMILES string of the molecule is COc1cc(C(C(=O)O)C2CC(C)CCC2C(C)C)ccc1O. The van der Waals surface area contributed by atoms with Gasteiger partial charge in [-0.25, -0.2) is 0 Å². The predicted molar refractivity (Wildman–Crippen MR) is 89.9 cm³/mol. The topological polar surface area (TPSA) is 66.8 Å². The molecule has 1 aromatic rings. The van der Waals surface area contributed by atoms with E-state index in [1.54, 1.807) is 12.1 Å². The molecule has 0 radical (unpaired) electrons.